The Kier molecular flexibility index (Phi) is 3.05. The molecule has 1 fully saturated rings. The van der Waals surface area contributed by atoms with E-state index in [1.165, 1.54) is 6.42 Å². The van der Waals surface area contributed by atoms with Gasteiger partial charge in [0, 0.05) is 24.1 Å². The molecule has 3 aromatic rings. The highest BCUT2D eigenvalue weighted by Crippen LogP contribution is 2.43. The second-order valence-corrected chi connectivity index (χ2v) is 6.76. The topological polar surface area (TPSA) is 60.0 Å². The molecule has 7 heteroatoms. The Morgan fingerprint density at radius 3 is 3.08 bits per heavy atom. The predicted octanol–water partition coefficient (Wildman–Crippen LogP) is 3.53. The molecule has 5 rings (SSSR count). The lowest BCUT2D eigenvalue weighted by molar-refractivity contribution is 0.249. The maximum atomic E-state index is 6.50. The summed E-state index contributed by atoms with van der Waals surface area (Å²) in [5.41, 5.74) is 4.18. The van der Waals surface area contributed by atoms with Crippen molar-refractivity contribution >= 4 is 11.6 Å². The minimum Gasteiger partial charge on any atom is -0.339 e. The monoisotopic (exact) mass is 341 g/mol. The highest BCUT2D eigenvalue weighted by Gasteiger charge is 2.36. The van der Waals surface area contributed by atoms with Gasteiger partial charge in [-0.25, -0.2) is 4.98 Å². The zero-order chi connectivity index (χ0) is 16.3. The van der Waals surface area contributed by atoms with Crippen molar-refractivity contribution in [2.45, 2.75) is 32.4 Å². The van der Waals surface area contributed by atoms with Crippen LogP contribution in [-0.4, -0.2) is 31.1 Å². The van der Waals surface area contributed by atoms with Crippen LogP contribution in [0.2, 0.25) is 5.02 Å². The van der Waals surface area contributed by atoms with Crippen LogP contribution in [0.5, 0.6) is 0 Å². The van der Waals surface area contributed by atoms with Gasteiger partial charge in [-0.15, -0.1) is 0 Å². The summed E-state index contributed by atoms with van der Waals surface area (Å²) in [4.78, 5) is 11.5. The fourth-order valence-electron chi connectivity index (χ4n) is 3.89. The third-order valence-electron chi connectivity index (χ3n) is 4.94. The zero-order valence-electron chi connectivity index (χ0n) is 13.2. The summed E-state index contributed by atoms with van der Waals surface area (Å²) in [6.45, 7) is 3.71. The van der Waals surface area contributed by atoms with E-state index in [4.69, 9.17) is 16.1 Å². The van der Waals surface area contributed by atoms with Crippen LogP contribution in [0.15, 0.2) is 29.0 Å². The zero-order valence-corrected chi connectivity index (χ0v) is 14.0. The second kappa shape index (κ2) is 5.16. The Morgan fingerprint density at radius 1 is 1.33 bits per heavy atom. The van der Waals surface area contributed by atoms with E-state index in [0.29, 0.717) is 17.8 Å². The average Bonchev–Trinajstić information content (AvgIpc) is 3.26. The first-order valence-corrected chi connectivity index (χ1v) is 8.50. The van der Waals surface area contributed by atoms with Gasteiger partial charge in [-0.3, -0.25) is 4.90 Å². The van der Waals surface area contributed by atoms with Crippen LogP contribution in [0.1, 0.15) is 36.0 Å². The highest BCUT2D eigenvalue weighted by molar-refractivity contribution is 6.31. The first-order valence-electron chi connectivity index (χ1n) is 8.12. The van der Waals surface area contributed by atoms with Gasteiger partial charge in [0.05, 0.1) is 17.4 Å². The summed E-state index contributed by atoms with van der Waals surface area (Å²) in [5.74, 6) is 1.10. The predicted molar refractivity (Wildman–Crippen MR) is 89.0 cm³/mol. The van der Waals surface area contributed by atoms with Crippen LogP contribution in [0.3, 0.4) is 0 Å². The number of hydrogen-bond donors (Lipinski definition) is 0. The van der Waals surface area contributed by atoms with Crippen molar-refractivity contribution in [3.63, 3.8) is 0 Å². The molecule has 0 radical (unpaired) electrons. The average molecular weight is 342 g/mol. The summed E-state index contributed by atoms with van der Waals surface area (Å²) < 4.78 is 7.32. The molecule has 0 N–H and O–H groups in total. The molecule has 4 heterocycles. The van der Waals surface area contributed by atoms with E-state index in [9.17, 15) is 0 Å². The quantitative estimate of drug-likeness (QED) is 0.677. The fourth-order valence-corrected chi connectivity index (χ4v) is 4.12. The number of aromatic nitrogens is 4. The van der Waals surface area contributed by atoms with Gasteiger partial charge in [-0.2, -0.15) is 4.98 Å². The van der Waals surface area contributed by atoms with Crippen molar-refractivity contribution in [1.82, 2.24) is 24.6 Å². The Morgan fingerprint density at radius 2 is 2.25 bits per heavy atom. The van der Waals surface area contributed by atoms with E-state index in [0.717, 1.165) is 47.2 Å². The molecule has 1 aromatic carbocycles. The minimum atomic E-state index is 0.296. The normalized spacial score (nSPS) is 19.7. The standard InChI is InChI=1S/C17H16ClN5O/c1-10-20-17(21-24-10)15-16-14-6-3-7-22(14)8-11-12(18)4-2-5-13(11)23(16)9-19-15/h2,4-5,9,14H,3,6-8H2,1H3/t14-/m0/s1. The largest absolute Gasteiger partial charge is 0.339 e. The third-order valence-corrected chi connectivity index (χ3v) is 5.29. The minimum absolute atomic E-state index is 0.296. The molecule has 2 aromatic heterocycles. The summed E-state index contributed by atoms with van der Waals surface area (Å²) in [5, 5.41) is 4.88. The number of nitrogens with zero attached hydrogens (tertiary/aromatic N) is 5. The fraction of sp³-hybridized carbons (Fsp3) is 0.353. The number of rotatable bonds is 1. The Balaban J connectivity index is 1.78. The molecule has 0 spiro atoms. The molecule has 0 bridgehead atoms. The van der Waals surface area contributed by atoms with Crippen molar-refractivity contribution in [2.75, 3.05) is 6.54 Å². The molecular weight excluding hydrogens is 326 g/mol. The van der Waals surface area contributed by atoms with Crippen molar-refractivity contribution < 1.29 is 4.52 Å². The lowest BCUT2D eigenvalue weighted by Gasteiger charge is -2.22. The van der Waals surface area contributed by atoms with Gasteiger partial charge in [-0.1, -0.05) is 22.8 Å². The summed E-state index contributed by atoms with van der Waals surface area (Å²) in [7, 11) is 0. The lowest BCUT2D eigenvalue weighted by Crippen LogP contribution is -2.22. The molecule has 1 saturated heterocycles. The highest BCUT2D eigenvalue weighted by atomic mass is 35.5. The van der Waals surface area contributed by atoms with Gasteiger partial charge in [0.25, 0.3) is 0 Å². The van der Waals surface area contributed by atoms with Crippen LogP contribution in [0, 0.1) is 6.92 Å². The van der Waals surface area contributed by atoms with E-state index >= 15 is 0 Å². The van der Waals surface area contributed by atoms with Crippen LogP contribution in [0.25, 0.3) is 17.2 Å². The van der Waals surface area contributed by atoms with Gasteiger partial charge in [0.1, 0.15) is 12.0 Å². The van der Waals surface area contributed by atoms with E-state index in [-0.39, 0.29) is 0 Å². The Hall–Kier alpha value is -2.18. The van der Waals surface area contributed by atoms with Crippen molar-refractivity contribution in [3.05, 3.63) is 46.7 Å². The van der Waals surface area contributed by atoms with Gasteiger partial charge in [0.15, 0.2) is 0 Å². The molecule has 122 valence electrons. The molecule has 24 heavy (non-hydrogen) atoms. The van der Waals surface area contributed by atoms with E-state index in [2.05, 4.69) is 30.7 Å². The summed E-state index contributed by atoms with van der Waals surface area (Å²) >= 11 is 6.50. The van der Waals surface area contributed by atoms with E-state index in [1.54, 1.807) is 6.92 Å². The number of aryl methyl sites for hydroxylation is 1. The van der Waals surface area contributed by atoms with Crippen molar-refractivity contribution in [3.8, 4) is 17.2 Å². The van der Waals surface area contributed by atoms with Crippen LogP contribution < -0.4 is 0 Å². The number of imidazole rings is 1. The smallest absolute Gasteiger partial charge is 0.223 e. The van der Waals surface area contributed by atoms with Crippen LogP contribution in [0.4, 0.5) is 0 Å². The first-order chi connectivity index (χ1) is 11.7. The molecular formula is C17H16ClN5O. The van der Waals surface area contributed by atoms with E-state index < -0.39 is 0 Å². The summed E-state index contributed by atoms with van der Waals surface area (Å²) in [6.07, 6.45) is 4.12. The van der Waals surface area contributed by atoms with Gasteiger partial charge in [0.2, 0.25) is 11.7 Å². The van der Waals surface area contributed by atoms with Gasteiger partial charge in [-0.05, 0) is 31.5 Å². The molecule has 0 amide bonds. The van der Waals surface area contributed by atoms with Gasteiger partial charge >= 0.3 is 0 Å². The molecule has 1 atom stereocenters. The maximum absolute atomic E-state index is 6.50. The lowest BCUT2D eigenvalue weighted by atomic mass is 10.1. The van der Waals surface area contributed by atoms with Crippen molar-refractivity contribution in [2.24, 2.45) is 0 Å². The molecule has 0 unspecified atom stereocenters. The van der Waals surface area contributed by atoms with E-state index in [1.807, 2.05) is 18.5 Å². The summed E-state index contributed by atoms with van der Waals surface area (Å²) in [6, 6.07) is 6.33. The number of hydrogen-bond acceptors (Lipinski definition) is 5. The number of benzene rings is 1. The second-order valence-electron chi connectivity index (χ2n) is 6.35. The van der Waals surface area contributed by atoms with Gasteiger partial charge < -0.3 is 9.09 Å². The molecule has 2 aliphatic heterocycles. The molecule has 0 aliphatic carbocycles. The number of fused-ring (bicyclic) bond motifs is 5. The number of halogens is 1. The Bertz CT molecular complexity index is 931. The molecule has 0 saturated carbocycles. The van der Waals surface area contributed by atoms with Crippen LogP contribution >= 0.6 is 11.6 Å². The first kappa shape index (κ1) is 14.2. The SMILES string of the molecule is Cc1nc(-c2ncn3c2[C@@H]2CCCN2Cc2c(Cl)cccc2-3)no1. The molecule has 2 aliphatic rings. The Labute approximate surface area is 144 Å². The maximum Gasteiger partial charge on any atom is 0.223 e. The van der Waals surface area contributed by atoms with Crippen molar-refractivity contribution in [1.29, 1.82) is 0 Å². The van der Waals surface area contributed by atoms with Crippen LogP contribution in [-0.2, 0) is 6.54 Å². The third kappa shape index (κ3) is 1.96. The molecule has 6 nitrogen and oxygen atoms in total.